The average molecular weight is 868 g/mol. The topological polar surface area (TPSA) is 9.72 Å². The Balaban J connectivity index is 1.07. The minimum atomic E-state index is 1.09. The van der Waals surface area contributed by atoms with Gasteiger partial charge < -0.3 is 14.7 Å². The van der Waals surface area contributed by atoms with Gasteiger partial charge in [0, 0.05) is 81.1 Å². The first-order chi connectivity index (χ1) is 32.2. The molecule has 0 radical (unpaired) electrons. The second-order valence-electron chi connectivity index (χ2n) is 16.2. The zero-order valence-corrected chi connectivity index (χ0v) is 37.0. The Hall–Kier alpha value is -7.96. The molecule has 5 heteroatoms. The largest absolute Gasteiger partial charge is 0.310 e. The second kappa shape index (κ2) is 16.6. The minimum absolute atomic E-state index is 1.09. The van der Waals surface area contributed by atoms with E-state index in [1.807, 2.05) is 22.7 Å². The molecule has 12 aromatic rings. The van der Waals surface area contributed by atoms with Crippen LogP contribution >= 0.6 is 22.7 Å². The third-order valence-electron chi connectivity index (χ3n) is 12.2. The maximum atomic E-state index is 2.48. The summed E-state index contributed by atoms with van der Waals surface area (Å²) >= 11 is 3.72. The number of benzene rings is 10. The molecule has 0 bridgehead atoms. The molecule has 0 aliphatic carbocycles. The quantitative estimate of drug-likeness (QED) is 0.136. The lowest BCUT2D eigenvalue weighted by Gasteiger charge is -2.30. The van der Waals surface area contributed by atoms with Gasteiger partial charge >= 0.3 is 0 Å². The summed E-state index contributed by atoms with van der Waals surface area (Å²) < 4.78 is 5.01. The maximum Gasteiger partial charge on any atom is 0.0661 e. The van der Waals surface area contributed by atoms with Crippen LogP contribution < -0.4 is 14.7 Å². The van der Waals surface area contributed by atoms with Gasteiger partial charge in [0.15, 0.2) is 0 Å². The molecule has 3 nitrogen and oxygen atoms in total. The van der Waals surface area contributed by atoms with E-state index in [1.54, 1.807) is 0 Å². The van der Waals surface area contributed by atoms with Crippen molar-refractivity contribution in [3.63, 3.8) is 0 Å². The third-order valence-corrected chi connectivity index (χ3v) is 14.5. The third kappa shape index (κ3) is 7.17. The van der Waals surface area contributed by atoms with Crippen LogP contribution in [0.3, 0.4) is 0 Å². The van der Waals surface area contributed by atoms with Crippen LogP contribution in [0.2, 0.25) is 0 Å². The van der Waals surface area contributed by atoms with Crippen molar-refractivity contribution in [2.45, 2.75) is 0 Å². The molecule has 0 aliphatic rings. The van der Waals surface area contributed by atoms with Gasteiger partial charge in [0.25, 0.3) is 0 Å². The maximum absolute atomic E-state index is 2.48. The van der Waals surface area contributed by atoms with Gasteiger partial charge in [-0.15, -0.1) is 22.7 Å². The fourth-order valence-electron chi connectivity index (χ4n) is 9.18. The van der Waals surface area contributed by atoms with Crippen molar-refractivity contribution in [1.29, 1.82) is 0 Å². The van der Waals surface area contributed by atoms with Crippen LogP contribution in [-0.4, -0.2) is 0 Å². The summed E-state index contributed by atoms with van der Waals surface area (Å²) in [5.41, 5.74) is 12.4. The van der Waals surface area contributed by atoms with E-state index in [4.69, 9.17) is 0 Å². The van der Waals surface area contributed by atoms with Crippen molar-refractivity contribution in [3.8, 4) is 11.1 Å². The Morgan fingerprint density at radius 2 is 0.662 bits per heavy atom. The average Bonchev–Trinajstić information content (AvgIpc) is 3.94. The highest BCUT2D eigenvalue weighted by Crippen LogP contribution is 2.50. The summed E-state index contributed by atoms with van der Waals surface area (Å²) in [5.74, 6) is 0. The molecular weight excluding hydrogens is 827 g/mol. The van der Waals surface area contributed by atoms with E-state index in [0.29, 0.717) is 0 Å². The Kier molecular flexibility index (Phi) is 9.90. The standard InChI is InChI=1S/C60H41N3S2/c1-6-18-42(19-7-1)43-30-32-48(33-31-43)63(50-34-36-53-54-38-49(35-37-58(54)64-59(53)41-50)61(44-20-8-2-9-21-44)45-22-10-3-11-23-45)56-40-51(39-55-52-28-16-17-29-57(52)65-60(55)56)62(46-24-12-4-13-25-46)47-26-14-5-15-27-47/h1-41H. The fourth-order valence-corrected chi connectivity index (χ4v) is 11.5. The summed E-state index contributed by atoms with van der Waals surface area (Å²) in [7, 11) is 0. The molecule has 0 amide bonds. The summed E-state index contributed by atoms with van der Waals surface area (Å²) in [6, 6.07) is 90.0. The van der Waals surface area contributed by atoms with Crippen molar-refractivity contribution in [2.24, 2.45) is 0 Å². The van der Waals surface area contributed by atoms with Crippen LogP contribution in [-0.2, 0) is 0 Å². The monoisotopic (exact) mass is 867 g/mol. The van der Waals surface area contributed by atoms with Crippen LogP contribution in [0, 0.1) is 0 Å². The van der Waals surface area contributed by atoms with Crippen LogP contribution in [0.4, 0.5) is 51.2 Å². The van der Waals surface area contributed by atoms with Crippen molar-refractivity contribution >= 4 is 114 Å². The lowest BCUT2D eigenvalue weighted by molar-refractivity contribution is 1.27. The number of nitrogens with zero attached hydrogens (tertiary/aromatic N) is 3. The summed E-state index contributed by atoms with van der Waals surface area (Å²) in [5, 5.41) is 4.99. The molecule has 308 valence electrons. The summed E-state index contributed by atoms with van der Waals surface area (Å²) in [6.45, 7) is 0. The van der Waals surface area contributed by atoms with E-state index in [2.05, 4.69) is 263 Å². The van der Waals surface area contributed by atoms with Gasteiger partial charge in [-0.25, -0.2) is 0 Å². The first kappa shape index (κ1) is 38.7. The normalized spacial score (nSPS) is 11.4. The Labute approximate surface area is 386 Å². The fraction of sp³-hybridized carbons (Fsp3) is 0. The van der Waals surface area contributed by atoms with Crippen LogP contribution in [0.1, 0.15) is 0 Å². The van der Waals surface area contributed by atoms with Crippen molar-refractivity contribution in [1.82, 2.24) is 0 Å². The van der Waals surface area contributed by atoms with Gasteiger partial charge in [-0.3, -0.25) is 0 Å². The molecule has 65 heavy (non-hydrogen) atoms. The molecule has 0 saturated heterocycles. The molecule has 0 fully saturated rings. The van der Waals surface area contributed by atoms with E-state index in [0.717, 1.165) is 51.2 Å². The van der Waals surface area contributed by atoms with E-state index in [9.17, 15) is 0 Å². The molecule has 2 heterocycles. The van der Waals surface area contributed by atoms with E-state index in [1.165, 1.54) is 51.5 Å². The lowest BCUT2D eigenvalue weighted by atomic mass is 10.0. The van der Waals surface area contributed by atoms with Crippen molar-refractivity contribution in [2.75, 3.05) is 14.7 Å². The summed E-state index contributed by atoms with van der Waals surface area (Å²) in [4.78, 5) is 7.20. The van der Waals surface area contributed by atoms with Crippen molar-refractivity contribution in [3.05, 3.63) is 249 Å². The lowest BCUT2D eigenvalue weighted by Crippen LogP contribution is -2.13. The zero-order valence-electron chi connectivity index (χ0n) is 35.3. The number of anilines is 9. The van der Waals surface area contributed by atoms with Gasteiger partial charge in [-0.2, -0.15) is 0 Å². The predicted molar refractivity (Wildman–Crippen MR) is 282 cm³/mol. The Morgan fingerprint density at radius 1 is 0.231 bits per heavy atom. The molecule has 2 aromatic heterocycles. The first-order valence-electron chi connectivity index (χ1n) is 21.9. The molecular formula is C60H41N3S2. The number of rotatable bonds is 10. The SMILES string of the molecule is c1ccc(-c2ccc(N(c3ccc4c(c3)sc3ccc(N(c5ccccc5)c5ccccc5)cc34)c3cc(N(c4ccccc4)c4ccccc4)cc4c3sc3ccccc34)cc2)cc1. The molecule has 0 aliphatic heterocycles. The highest BCUT2D eigenvalue weighted by molar-refractivity contribution is 7.26. The smallest absolute Gasteiger partial charge is 0.0661 e. The van der Waals surface area contributed by atoms with Gasteiger partial charge in [0.1, 0.15) is 0 Å². The summed E-state index contributed by atoms with van der Waals surface area (Å²) in [6.07, 6.45) is 0. The van der Waals surface area contributed by atoms with Crippen molar-refractivity contribution < 1.29 is 0 Å². The number of thiophene rings is 2. The van der Waals surface area contributed by atoms with Crippen LogP contribution in [0.5, 0.6) is 0 Å². The molecule has 0 unspecified atom stereocenters. The van der Waals surface area contributed by atoms with Gasteiger partial charge in [-0.1, -0.05) is 140 Å². The van der Waals surface area contributed by atoms with Gasteiger partial charge in [-0.05, 0) is 120 Å². The minimum Gasteiger partial charge on any atom is -0.310 e. The molecule has 10 aromatic carbocycles. The van der Waals surface area contributed by atoms with Crippen LogP contribution in [0.15, 0.2) is 249 Å². The molecule has 12 rings (SSSR count). The van der Waals surface area contributed by atoms with Crippen LogP contribution in [0.25, 0.3) is 51.5 Å². The highest BCUT2D eigenvalue weighted by atomic mass is 32.1. The Morgan fingerprint density at radius 3 is 1.28 bits per heavy atom. The molecule has 0 saturated carbocycles. The number of hydrogen-bond donors (Lipinski definition) is 0. The Bertz CT molecular complexity index is 3510. The molecule has 0 atom stereocenters. The number of fused-ring (bicyclic) bond motifs is 6. The van der Waals surface area contributed by atoms with E-state index in [-0.39, 0.29) is 0 Å². The van der Waals surface area contributed by atoms with E-state index < -0.39 is 0 Å². The van der Waals surface area contributed by atoms with Gasteiger partial charge in [0.05, 0.1) is 10.4 Å². The number of hydrogen-bond acceptors (Lipinski definition) is 5. The first-order valence-corrected chi connectivity index (χ1v) is 23.5. The predicted octanol–water partition coefficient (Wildman–Crippen LogP) is 18.5. The zero-order chi connectivity index (χ0) is 43.1. The molecule has 0 spiro atoms. The molecule has 0 N–H and O–H groups in total. The van der Waals surface area contributed by atoms with E-state index >= 15 is 0 Å². The number of para-hydroxylation sites is 4. The van der Waals surface area contributed by atoms with Gasteiger partial charge in [0.2, 0.25) is 0 Å². The second-order valence-corrected chi connectivity index (χ2v) is 18.3. The highest BCUT2D eigenvalue weighted by Gasteiger charge is 2.24.